The molecule has 1 amide bonds. The van der Waals surface area contributed by atoms with Crippen molar-refractivity contribution in [3.63, 3.8) is 0 Å². The summed E-state index contributed by atoms with van der Waals surface area (Å²) in [5.74, 6) is 0.721. The number of anilines is 2. The molecule has 3 rings (SSSR count). The normalized spacial score (nSPS) is 15.5. The number of hydrogen-bond acceptors (Lipinski definition) is 4. The van der Waals surface area contributed by atoms with Crippen molar-refractivity contribution >= 4 is 42.1 Å². The van der Waals surface area contributed by atoms with Gasteiger partial charge in [0.2, 0.25) is 0 Å². The number of rotatable bonds is 5. The molecule has 2 aromatic rings. The Bertz CT molecular complexity index is 692. The van der Waals surface area contributed by atoms with Gasteiger partial charge >= 0.3 is 0 Å². The Balaban J connectivity index is 0.00000156. The molecule has 0 aliphatic carbocycles. The van der Waals surface area contributed by atoms with E-state index in [-0.39, 0.29) is 36.8 Å². The second kappa shape index (κ2) is 10.1. The summed E-state index contributed by atoms with van der Waals surface area (Å²) in [7, 11) is 1.64. The minimum absolute atomic E-state index is 0. The van der Waals surface area contributed by atoms with Crippen LogP contribution in [0.3, 0.4) is 0 Å². The summed E-state index contributed by atoms with van der Waals surface area (Å²) in [5, 5.41) is 9.63. The largest absolute Gasteiger partial charge is 0.497 e. The third-order valence-electron chi connectivity index (χ3n) is 3.92. The third kappa shape index (κ3) is 5.53. The van der Waals surface area contributed by atoms with E-state index in [4.69, 9.17) is 4.74 Å². The number of ether oxygens (including phenoxy) is 1. The van der Waals surface area contributed by atoms with Crippen LogP contribution in [0.15, 0.2) is 48.5 Å². The predicted molar refractivity (Wildman–Crippen MR) is 106 cm³/mol. The van der Waals surface area contributed by atoms with E-state index in [1.165, 1.54) is 0 Å². The topological polar surface area (TPSA) is 62.4 Å². The Morgan fingerprint density at radius 1 is 1.16 bits per heavy atom. The number of nitrogens with one attached hydrogen (secondary N) is 3. The fourth-order valence-corrected chi connectivity index (χ4v) is 2.69. The fraction of sp³-hybridized carbons (Fsp3) is 0.278. The molecule has 1 unspecified atom stereocenters. The first-order chi connectivity index (χ1) is 11.3. The van der Waals surface area contributed by atoms with Crippen molar-refractivity contribution in [2.45, 2.75) is 12.5 Å². The van der Waals surface area contributed by atoms with Crippen LogP contribution in [-0.4, -0.2) is 32.1 Å². The van der Waals surface area contributed by atoms with Gasteiger partial charge in [-0.2, -0.15) is 0 Å². The number of amides is 1. The van der Waals surface area contributed by atoms with Crippen LogP contribution in [0.4, 0.5) is 11.4 Å². The van der Waals surface area contributed by atoms with Crippen LogP contribution in [-0.2, 0) is 0 Å². The summed E-state index contributed by atoms with van der Waals surface area (Å²) >= 11 is 0. The number of carbonyl (C=O) groups excluding carboxylic acids is 1. The highest BCUT2D eigenvalue weighted by Gasteiger charge is 2.19. The van der Waals surface area contributed by atoms with E-state index in [0.717, 1.165) is 36.6 Å². The molecular weight excluding hydrogens is 361 g/mol. The van der Waals surface area contributed by atoms with Gasteiger partial charge in [-0.1, -0.05) is 18.2 Å². The molecule has 0 bridgehead atoms. The lowest BCUT2D eigenvalue weighted by atomic mass is 10.1. The minimum Gasteiger partial charge on any atom is -0.497 e. The smallest absolute Gasteiger partial charge is 0.253 e. The van der Waals surface area contributed by atoms with Crippen LogP contribution in [0.2, 0.25) is 0 Å². The lowest BCUT2D eigenvalue weighted by molar-refractivity contribution is 0.0941. The second-order valence-electron chi connectivity index (χ2n) is 5.57. The van der Waals surface area contributed by atoms with Gasteiger partial charge in [-0.3, -0.25) is 4.79 Å². The molecule has 7 heteroatoms. The van der Waals surface area contributed by atoms with Gasteiger partial charge in [0.25, 0.3) is 5.91 Å². The van der Waals surface area contributed by atoms with E-state index >= 15 is 0 Å². The quantitative estimate of drug-likeness (QED) is 0.740. The number of carbonyl (C=O) groups is 1. The summed E-state index contributed by atoms with van der Waals surface area (Å²) in [4.78, 5) is 12.5. The highest BCUT2D eigenvalue weighted by Crippen LogP contribution is 2.24. The van der Waals surface area contributed by atoms with E-state index in [0.29, 0.717) is 5.56 Å². The Kier molecular flexibility index (Phi) is 8.55. The Labute approximate surface area is 160 Å². The zero-order valence-corrected chi connectivity index (χ0v) is 15.6. The fourth-order valence-electron chi connectivity index (χ4n) is 2.69. The van der Waals surface area contributed by atoms with Crippen molar-refractivity contribution in [3.8, 4) is 5.75 Å². The zero-order valence-electron chi connectivity index (χ0n) is 14.0. The van der Waals surface area contributed by atoms with E-state index in [1.807, 2.05) is 48.5 Å². The summed E-state index contributed by atoms with van der Waals surface area (Å²) in [5.41, 5.74) is 2.30. The standard InChI is InChI=1S/C18H21N3O2.2ClH/c1-23-15-6-4-5-13(11-15)20-17-8-3-2-7-16(17)18(22)21-14-9-10-19-12-14;;/h2-8,11,14,19-20H,9-10,12H2,1H3,(H,21,22);2*1H. The van der Waals surface area contributed by atoms with Crippen molar-refractivity contribution in [3.05, 3.63) is 54.1 Å². The maximum Gasteiger partial charge on any atom is 0.253 e. The molecular formula is C18H23Cl2N3O2. The first-order valence-electron chi connectivity index (χ1n) is 7.78. The van der Waals surface area contributed by atoms with Crippen LogP contribution in [0.5, 0.6) is 5.75 Å². The molecule has 1 fully saturated rings. The van der Waals surface area contributed by atoms with Gasteiger partial charge in [0.15, 0.2) is 0 Å². The zero-order chi connectivity index (χ0) is 16.1. The predicted octanol–water partition coefficient (Wildman–Crippen LogP) is 3.37. The van der Waals surface area contributed by atoms with Gasteiger partial charge in [0, 0.05) is 24.3 Å². The molecule has 1 heterocycles. The summed E-state index contributed by atoms with van der Waals surface area (Å²) in [6.45, 7) is 1.78. The first kappa shape index (κ1) is 21.1. The summed E-state index contributed by atoms with van der Waals surface area (Å²) in [6.07, 6.45) is 0.969. The molecule has 5 nitrogen and oxygen atoms in total. The van der Waals surface area contributed by atoms with Gasteiger partial charge in [-0.05, 0) is 37.2 Å². The molecule has 3 N–H and O–H groups in total. The monoisotopic (exact) mass is 383 g/mol. The number of hydrogen-bond donors (Lipinski definition) is 3. The molecule has 2 aromatic carbocycles. The van der Waals surface area contributed by atoms with Crippen LogP contribution < -0.4 is 20.7 Å². The molecule has 0 spiro atoms. The SMILES string of the molecule is COc1cccc(Nc2ccccc2C(=O)NC2CCNC2)c1.Cl.Cl. The average molecular weight is 384 g/mol. The van der Waals surface area contributed by atoms with Gasteiger partial charge in [-0.25, -0.2) is 0 Å². The maximum atomic E-state index is 12.5. The van der Waals surface area contributed by atoms with Crippen molar-refractivity contribution < 1.29 is 9.53 Å². The van der Waals surface area contributed by atoms with Gasteiger partial charge in [0.1, 0.15) is 5.75 Å². The van der Waals surface area contributed by atoms with Crippen LogP contribution >= 0.6 is 24.8 Å². The molecule has 1 saturated heterocycles. The summed E-state index contributed by atoms with van der Waals surface area (Å²) < 4.78 is 5.23. The van der Waals surface area contributed by atoms with Crippen LogP contribution in [0, 0.1) is 0 Å². The minimum atomic E-state index is -0.0512. The van der Waals surface area contributed by atoms with Crippen molar-refractivity contribution in [2.24, 2.45) is 0 Å². The molecule has 1 aliphatic heterocycles. The Hall–Kier alpha value is -1.95. The van der Waals surface area contributed by atoms with Gasteiger partial charge < -0.3 is 20.7 Å². The number of para-hydroxylation sites is 1. The van der Waals surface area contributed by atoms with Crippen molar-refractivity contribution in [1.29, 1.82) is 0 Å². The molecule has 0 radical (unpaired) electrons. The molecule has 0 saturated carbocycles. The Morgan fingerprint density at radius 3 is 2.68 bits per heavy atom. The van der Waals surface area contributed by atoms with E-state index in [9.17, 15) is 4.79 Å². The highest BCUT2D eigenvalue weighted by atomic mass is 35.5. The third-order valence-corrected chi connectivity index (χ3v) is 3.92. The number of halogens is 2. The van der Waals surface area contributed by atoms with Crippen molar-refractivity contribution in [1.82, 2.24) is 10.6 Å². The van der Waals surface area contributed by atoms with E-state index in [2.05, 4.69) is 16.0 Å². The molecule has 0 aromatic heterocycles. The second-order valence-corrected chi connectivity index (χ2v) is 5.57. The Morgan fingerprint density at radius 2 is 1.96 bits per heavy atom. The lowest BCUT2D eigenvalue weighted by Gasteiger charge is -2.15. The molecule has 136 valence electrons. The van der Waals surface area contributed by atoms with Gasteiger partial charge in [-0.15, -0.1) is 24.8 Å². The van der Waals surface area contributed by atoms with Gasteiger partial charge in [0.05, 0.1) is 18.4 Å². The van der Waals surface area contributed by atoms with Crippen LogP contribution in [0.25, 0.3) is 0 Å². The first-order valence-corrected chi connectivity index (χ1v) is 7.78. The van der Waals surface area contributed by atoms with E-state index < -0.39 is 0 Å². The van der Waals surface area contributed by atoms with Crippen molar-refractivity contribution in [2.75, 3.05) is 25.5 Å². The molecule has 1 aliphatic rings. The molecule has 1 atom stereocenters. The maximum absolute atomic E-state index is 12.5. The van der Waals surface area contributed by atoms with E-state index in [1.54, 1.807) is 7.11 Å². The number of methoxy groups -OCH3 is 1. The average Bonchev–Trinajstić information content (AvgIpc) is 3.08. The number of benzene rings is 2. The highest BCUT2D eigenvalue weighted by molar-refractivity contribution is 6.00. The lowest BCUT2D eigenvalue weighted by Crippen LogP contribution is -2.36. The van der Waals surface area contributed by atoms with Crippen LogP contribution in [0.1, 0.15) is 16.8 Å². The molecule has 25 heavy (non-hydrogen) atoms. The summed E-state index contributed by atoms with van der Waals surface area (Å²) in [6, 6.07) is 15.4.